The van der Waals surface area contributed by atoms with Gasteiger partial charge in [-0.3, -0.25) is 14.6 Å². The number of amides is 3. The zero-order valence-corrected chi connectivity index (χ0v) is 22.3. The van der Waals surface area contributed by atoms with E-state index < -0.39 is 0 Å². The molecule has 0 aromatic heterocycles. The van der Waals surface area contributed by atoms with Crippen molar-refractivity contribution in [2.45, 2.75) is 33.7 Å². The Kier molecular flexibility index (Phi) is 10.1. The molecule has 8 heteroatoms. The molecule has 2 aromatic rings. The average Bonchev–Trinajstić information content (AvgIpc) is 2.89. The molecule has 8 nitrogen and oxygen atoms in total. The average molecular weight is 496 g/mol. The van der Waals surface area contributed by atoms with E-state index in [1.807, 2.05) is 55.1 Å². The summed E-state index contributed by atoms with van der Waals surface area (Å²) >= 11 is 0. The lowest BCUT2D eigenvalue weighted by Crippen LogP contribution is -2.53. The quantitative estimate of drug-likeness (QED) is 0.526. The van der Waals surface area contributed by atoms with Gasteiger partial charge in [0.05, 0.1) is 19.7 Å². The van der Waals surface area contributed by atoms with Crippen molar-refractivity contribution in [1.82, 2.24) is 20.0 Å². The second kappa shape index (κ2) is 13.3. The van der Waals surface area contributed by atoms with E-state index in [0.29, 0.717) is 39.3 Å². The van der Waals surface area contributed by atoms with Gasteiger partial charge in [-0.05, 0) is 61.8 Å². The summed E-state index contributed by atoms with van der Waals surface area (Å²) in [6.45, 7) is 13.5. The van der Waals surface area contributed by atoms with Gasteiger partial charge in [-0.2, -0.15) is 0 Å². The third-order valence-electron chi connectivity index (χ3n) is 7.08. The number of rotatable bonds is 10. The maximum Gasteiger partial charge on any atom is 0.317 e. The molecule has 1 aliphatic rings. The van der Waals surface area contributed by atoms with Crippen LogP contribution >= 0.6 is 0 Å². The number of likely N-dealkylation sites (N-methyl/N-ethyl adjacent to an activating group) is 1. The fraction of sp³-hybridized carbons (Fsp3) is 0.500. The topological polar surface area (TPSA) is 77.2 Å². The lowest BCUT2D eigenvalue weighted by Gasteiger charge is -2.35. The standard InChI is InChI=1S/C28H41N5O3/c1-6-32(7-2)26(23-11-9-12-24(18-23)36-5)19-29-28(35)33-16-14-31(15-17-33)20-27(34)30-25-13-8-10-21(3)22(25)4/h8-13,18,26H,6-7,14-17,19-20H2,1-5H3,(H,29,35)(H,30,34)/t26-/m0/s1. The molecule has 2 N–H and O–H groups in total. The second-order valence-electron chi connectivity index (χ2n) is 9.26. The molecule has 1 fully saturated rings. The van der Waals surface area contributed by atoms with Gasteiger partial charge in [0.15, 0.2) is 0 Å². The Labute approximate surface area is 215 Å². The van der Waals surface area contributed by atoms with E-state index in [4.69, 9.17) is 4.74 Å². The van der Waals surface area contributed by atoms with Crippen LogP contribution in [0.25, 0.3) is 0 Å². The van der Waals surface area contributed by atoms with Crippen LogP contribution in [-0.4, -0.2) is 86.1 Å². The molecule has 0 unspecified atom stereocenters. The minimum atomic E-state index is -0.0606. The molecule has 0 aliphatic carbocycles. The van der Waals surface area contributed by atoms with Crippen molar-refractivity contribution in [2.24, 2.45) is 0 Å². The molecule has 3 rings (SSSR count). The summed E-state index contributed by atoms with van der Waals surface area (Å²) in [7, 11) is 1.67. The SMILES string of the molecule is CCN(CC)[C@@H](CNC(=O)N1CCN(CC(=O)Nc2cccc(C)c2C)CC1)c1cccc(OC)c1. The molecule has 1 saturated heterocycles. The number of anilines is 1. The van der Waals surface area contributed by atoms with E-state index in [1.54, 1.807) is 7.11 Å². The highest BCUT2D eigenvalue weighted by Crippen LogP contribution is 2.24. The van der Waals surface area contributed by atoms with Gasteiger partial charge in [-0.25, -0.2) is 4.79 Å². The van der Waals surface area contributed by atoms with E-state index in [9.17, 15) is 9.59 Å². The Morgan fingerprint density at radius 1 is 1.03 bits per heavy atom. The van der Waals surface area contributed by atoms with Crippen LogP contribution in [0, 0.1) is 13.8 Å². The lowest BCUT2D eigenvalue weighted by atomic mass is 10.0. The van der Waals surface area contributed by atoms with Crippen LogP contribution in [0.5, 0.6) is 5.75 Å². The number of hydrogen-bond donors (Lipinski definition) is 2. The van der Waals surface area contributed by atoms with E-state index in [1.165, 1.54) is 0 Å². The summed E-state index contributed by atoms with van der Waals surface area (Å²) in [6.07, 6.45) is 0. The van der Waals surface area contributed by atoms with Crippen molar-refractivity contribution in [3.63, 3.8) is 0 Å². The van der Waals surface area contributed by atoms with Crippen LogP contribution in [-0.2, 0) is 4.79 Å². The first-order valence-electron chi connectivity index (χ1n) is 12.8. The zero-order chi connectivity index (χ0) is 26.1. The van der Waals surface area contributed by atoms with Crippen molar-refractivity contribution in [1.29, 1.82) is 0 Å². The van der Waals surface area contributed by atoms with Gasteiger partial charge < -0.3 is 20.3 Å². The van der Waals surface area contributed by atoms with Crippen molar-refractivity contribution >= 4 is 17.6 Å². The Morgan fingerprint density at radius 2 is 1.72 bits per heavy atom. The molecule has 0 spiro atoms. The van der Waals surface area contributed by atoms with Crippen LogP contribution in [0.15, 0.2) is 42.5 Å². The highest BCUT2D eigenvalue weighted by molar-refractivity contribution is 5.93. The number of nitrogens with one attached hydrogen (secondary N) is 2. The van der Waals surface area contributed by atoms with Gasteiger partial charge in [0, 0.05) is 38.4 Å². The zero-order valence-electron chi connectivity index (χ0n) is 22.3. The van der Waals surface area contributed by atoms with Crippen LogP contribution < -0.4 is 15.4 Å². The number of carbonyl (C=O) groups excluding carboxylic acids is 2. The number of methoxy groups -OCH3 is 1. The van der Waals surface area contributed by atoms with Crippen molar-refractivity contribution in [3.05, 3.63) is 59.2 Å². The predicted octanol–water partition coefficient (Wildman–Crippen LogP) is 3.66. The first-order chi connectivity index (χ1) is 17.4. The minimum Gasteiger partial charge on any atom is -0.497 e. The smallest absolute Gasteiger partial charge is 0.317 e. The number of aryl methyl sites for hydroxylation is 1. The first-order valence-corrected chi connectivity index (χ1v) is 12.8. The molecule has 1 atom stereocenters. The second-order valence-corrected chi connectivity index (χ2v) is 9.26. The Morgan fingerprint density at radius 3 is 2.39 bits per heavy atom. The number of ether oxygens (including phenoxy) is 1. The molecule has 196 valence electrons. The maximum atomic E-state index is 13.0. The molecule has 2 aromatic carbocycles. The van der Waals surface area contributed by atoms with E-state index in [-0.39, 0.29) is 18.0 Å². The van der Waals surface area contributed by atoms with Crippen molar-refractivity contribution in [3.8, 4) is 5.75 Å². The molecule has 1 aliphatic heterocycles. The number of piperazine rings is 1. The highest BCUT2D eigenvalue weighted by Gasteiger charge is 2.25. The predicted molar refractivity (Wildman–Crippen MR) is 145 cm³/mol. The molecule has 0 saturated carbocycles. The normalized spacial score (nSPS) is 15.0. The summed E-state index contributed by atoms with van der Waals surface area (Å²) in [4.78, 5) is 31.8. The summed E-state index contributed by atoms with van der Waals surface area (Å²) in [5.41, 5.74) is 4.22. The van der Waals surface area contributed by atoms with Gasteiger partial charge in [-0.1, -0.05) is 38.1 Å². The van der Waals surface area contributed by atoms with Crippen LogP contribution in [0.3, 0.4) is 0 Å². The van der Waals surface area contributed by atoms with Crippen molar-refractivity contribution in [2.75, 3.05) is 64.8 Å². The first kappa shape index (κ1) is 27.5. The molecule has 0 radical (unpaired) electrons. The van der Waals surface area contributed by atoms with Crippen LogP contribution in [0.1, 0.15) is 36.6 Å². The fourth-order valence-electron chi connectivity index (χ4n) is 4.66. The van der Waals surface area contributed by atoms with E-state index in [2.05, 4.69) is 40.3 Å². The molecule has 3 amide bonds. The van der Waals surface area contributed by atoms with Gasteiger partial charge in [0.25, 0.3) is 0 Å². The van der Waals surface area contributed by atoms with E-state index >= 15 is 0 Å². The summed E-state index contributed by atoms with van der Waals surface area (Å²) in [5.74, 6) is 0.788. The van der Waals surface area contributed by atoms with Crippen molar-refractivity contribution < 1.29 is 14.3 Å². The monoisotopic (exact) mass is 495 g/mol. The minimum absolute atomic E-state index is 0.0260. The van der Waals surface area contributed by atoms with Gasteiger partial charge in [-0.15, -0.1) is 0 Å². The number of benzene rings is 2. The molecule has 0 bridgehead atoms. The van der Waals surface area contributed by atoms with E-state index in [0.717, 1.165) is 41.2 Å². The number of carbonyl (C=O) groups is 2. The van der Waals surface area contributed by atoms with Gasteiger partial charge >= 0.3 is 6.03 Å². The Hall–Kier alpha value is -3.10. The summed E-state index contributed by atoms with van der Waals surface area (Å²) in [6, 6.07) is 14.0. The lowest BCUT2D eigenvalue weighted by molar-refractivity contribution is -0.117. The third-order valence-corrected chi connectivity index (χ3v) is 7.08. The number of urea groups is 1. The fourth-order valence-corrected chi connectivity index (χ4v) is 4.66. The maximum absolute atomic E-state index is 13.0. The van der Waals surface area contributed by atoms with Crippen LogP contribution in [0.4, 0.5) is 10.5 Å². The largest absolute Gasteiger partial charge is 0.497 e. The molecular weight excluding hydrogens is 454 g/mol. The van der Waals surface area contributed by atoms with Gasteiger partial charge in [0.1, 0.15) is 5.75 Å². The third kappa shape index (κ3) is 7.21. The molecule has 36 heavy (non-hydrogen) atoms. The van der Waals surface area contributed by atoms with Gasteiger partial charge in [0.2, 0.25) is 5.91 Å². The number of hydrogen-bond acceptors (Lipinski definition) is 5. The Bertz CT molecular complexity index is 1020. The summed E-state index contributed by atoms with van der Waals surface area (Å²) in [5, 5.41) is 6.17. The Balaban J connectivity index is 1.50. The molecular formula is C28H41N5O3. The molecule has 1 heterocycles. The number of nitrogens with zero attached hydrogens (tertiary/aromatic N) is 3. The highest BCUT2D eigenvalue weighted by atomic mass is 16.5. The van der Waals surface area contributed by atoms with Crippen LogP contribution in [0.2, 0.25) is 0 Å². The summed E-state index contributed by atoms with van der Waals surface area (Å²) < 4.78 is 5.41.